The Balaban J connectivity index is 0.000000477. The molecular weight excluding hydrogens is 574 g/mol. The molecule has 13 nitrogen and oxygen atoms in total. The van der Waals surface area contributed by atoms with E-state index in [1.54, 1.807) is 0 Å². The van der Waals surface area contributed by atoms with Crippen LogP contribution >= 0.6 is 0 Å². The molecule has 3 aromatic rings. The molecule has 4 rings (SSSR count). The number of aliphatic carboxylic acids is 4. The monoisotopic (exact) mass is 609 g/mol. The van der Waals surface area contributed by atoms with Crippen molar-refractivity contribution >= 4 is 41.3 Å². The topological polar surface area (TPSA) is 194 Å². The summed E-state index contributed by atoms with van der Waals surface area (Å²) in [5.41, 5.74) is 5.34. The number of carbonyl (C=O) groups is 5. The van der Waals surface area contributed by atoms with E-state index in [-0.39, 0.29) is 12.2 Å². The van der Waals surface area contributed by atoms with Gasteiger partial charge in [-0.1, -0.05) is 60.7 Å². The first-order chi connectivity index (χ1) is 20.9. The molecule has 13 heteroatoms. The second-order valence-corrected chi connectivity index (χ2v) is 9.70. The lowest BCUT2D eigenvalue weighted by Gasteiger charge is -2.31. The number of para-hydroxylation sites is 1. The van der Waals surface area contributed by atoms with Gasteiger partial charge in [0.05, 0.1) is 5.69 Å². The van der Waals surface area contributed by atoms with E-state index in [9.17, 15) is 4.79 Å². The molecule has 234 valence electrons. The van der Waals surface area contributed by atoms with Crippen LogP contribution in [0.1, 0.15) is 18.4 Å². The van der Waals surface area contributed by atoms with Gasteiger partial charge in [0.2, 0.25) is 0 Å². The largest absolute Gasteiger partial charge is 0.473 e. The highest BCUT2D eigenvalue weighted by Gasteiger charge is 2.23. The van der Waals surface area contributed by atoms with Gasteiger partial charge < -0.3 is 30.1 Å². The minimum atomic E-state index is -1.82. The fourth-order valence-corrected chi connectivity index (χ4v) is 4.10. The number of hydrogen-bond donors (Lipinski definition) is 5. The Morgan fingerprint density at radius 2 is 1.25 bits per heavy atom. The Hall–Kier alpha value is -5.43. The van der Waals surface area contributed by atoms with Gasteiger partial charge in [-0.2, -0.15) is 0 Å². The Morgan fingerprint density at radius 3 is 1.75 bits per heavy atom. The van der Waals surface area contributed by atoms with E-state index in [0.29, 0.717) is 0 Å². The molecule has 1 aliphatic rings. The molecule has 1 aliphatic heterocycles. The highest BCUT2D eigenvalue weighted by Crippen LogP contribution is 2.28. The van der Waals surface area contributed by atoms with Crippen molar-refractivity contribution in [1.29, 1.82) is 0 Å². The molecule has 0 saturated carbocycles. The summed E-state index contributed by atoms with van der Waals surface area (Å²) in [4.78, 5) is 53.5. The number of ether oxygens (including phenoxy) is 1. The summed E-state index contributed by atoms with van der Waals surface area (Å²) in [6, 6.07) is 26.6. The van der Waals surface area contributed by atoms with E-state index >= 15 is 0 Å². The quantitative estimate of drug-likeness (QED) is 0.253. The number of carbonyl (C=O) groups excluding carboxylic acids is 1. The van der Waals surface area contributed by atoms with Crippen LogP contribution in [0.25, 0.3) is 11.1 Å². The predicted molar refractivity (Wildman–Crippen MR) is 162 cm³/mol. The minimum absolute atomic E-state index is 0.0498. The molecule has 1 fully saturated rings. The van der Waals surface area contributed by atoms with Crippen molar-refractivity contribution in [3.8, 4) is 11.1 Å². The zero-order valence-electron chi connectivity index (χ0n) is 24.3. The van der Waals surface area contributed by atoms with Crippen molar-refractivity contribution in [2.75, 3.05) is 37.4 Å². The smallest absolute Gasteiger partial charge is 0.414 e. The fraction of sp³-hybridized carbons (Fsp3) is 0.258. The maximum absolute atomic E-state index is 12.6. The molecule has 0 bridgehead atoms. The molecule has 5 N–H and O–H groups in total. The normalized spacial score (nSPS) is 12.7. The number of amides is 1. The molecule has 1 heterocycles. The first-order valence-electron chi connectivity index (χ1n) is 13.4. The van der Waals surface area contributed by atoms with Gasteiger partial charge >= 0.3 is 30.0 Å². The third-order valence-corrected chi connectivity index (χ3v) is 6.28. The molecule has 0 atom stereocenters. The molecule has 44 heavy (non-hydrogen) atoms. The number of carboxylic acid groups (broad SMARTS) is 4. The van der Waals surface area contributed by atoms with Crippen LogP contribution in [0, 0.1) is 0 Å². The Labute approximate surface area is 253 Å². The number of benzene rings is 3. The number of likely N-dealkylation sites (tertiary alicyclic amines) is 1. The standard InChI is InChI=1S/C27H31N3O2.2C2H2O4/c1-29(2)23-14-12-21(13-15-23)20-30-18-16-24(17-19-30)32-27(31)28-26-11-7-6-10-25(26)22-8-4-3-5-9-22;2*3-1(4)2(5)6/h3-15,24H,16-20H2,1-2H3,(H,28,31);2*(H,3,4)(H,5,6). The zero-order valence-corrected chi connectivity index (χ0v) is 24.3. The van der Waals surface area contributed by atoms with Crippen molar-refractivity contribution in [3.05, 3.63) is 84.4 Å². The summed E-state index contributed by atoms with van der Waals surface area (Å²) in [7, 11) is 4.10. The third-order valence-electron chi connectivity index (χ3n) is 6.28. The Kier molecular flexibility index (Phi) is 13.8. The summed E-state index contributed by atoms with van der Waals surface area (Å²) >= 11 is 0. The van der Waals surface area contributed by atoms with Gasteiger partial charge in [-0.15, -0.1) is 0 Å². The molecule has 1 saturated heterocycles. The first-order valence-corrected chi connectivity index (χ1v) is 13.4. The molecule has 0 spiro atoms. The van der Waals surface area contributed by atoms with Gasteiger partial charge in [0, 0.05) is 45.0 Å². The number of anilines is 2. The molecule has 0 radical (unpaired) electrons. The van der Waals surface area contributed by atoms with Crippen LogP contribution in [0.2, 0.25) is 0 Å². The maximum Gasteiger partial charge on any atom is 0.414 e. The van der Waals surface area contributed by atoms with Crippen LogP contribution in [0.4, 0.5) is 16.2 Å². The van der Waals surface area contributed by atoms with E-state index < -0.39 is 23.9 Å². The van der Waals surface area contributed by atoms with E-state index in [1.807, 2.05) is 54.6 Å². The van der Waals surface area contributed by atoms with Crippen LogP contribution in [0.5, 0.6) is 0 Å². The number of nitrogens with one attached hydrogen (secondary N) is 1. The highest BCUT2D eigenvalue weighted by molar-refractivity contribution is 6.27. The lowest BCUT2D eigenvalue weighted by molar-refractivity contribution is -0.159. The maximum atomic E-state index is 12.6. The van der Waals surface area contributed by atoms with E-state index in [1.165, 1.54) is 11.3 Å². The van der Waals surface area contributed by atoms with Crippen molar-refractivity contribution in [3.63, 3.8) is 0 Å². The van der Waals surface area contributed by atoms with Gasteiger partial charge in [-0.25, -0.2) is 24.0 Å². The molecule has 1 amide bonds. The van der Waals surface area contributed by atoms with Crippen molar-refractivity contribution in [1.82, 2.24) is 4.90 Å². The lowest BCUT2D eigenvalue weighted by Crippen LogP contribution is -2.38. The number of carboxylic acids is 4. The van der Waals surface area contributed by atoms with Crippen molar-refractivity contribution in [2.24, 2.45) is 0 Å². The van der Waals surface area contributed by atoms with E-state index in [4.69, 9.17) is 44.3 Å². The SMILES string of the molecule is CN(C)c1ccc(CN2CCC(OC(=O)Nc3ccccc3-c3ccccc3)CC2)cc1.O=C(O)C(=O)O.O=C(O)C(=O)O. The Bertz CT molecular complexity index is 1360. The number of nitrogens with zero attached hydrogens (tertiary/aromatic N) is 2. The first kappa shape index (κ1) is 34.8. The summed E-state index contributed by atoms with van der Waals surface area (Å²) in [6.07, 6.45) is 1.27. The molecule has 3 aromatic carbocycles. The average Bonchev–Trinajstić information content (AvgIpc) is 2.99. The van der Waals surface area contributed by atoms with Crippen LogP contribution in [-0.4, -0.2) is 88.6 Å². The summed E-state index contributed by atoms with van der Waals surface area (Å²) in [5.74, 6) is -7.30. The van der Waals surface area contributed by atoms with Gasteiger partial charge in [-0.3, -0.25) is 10.2 Å². The highest BCUT2D eigenvalue weighted by atomic mass is 16.6. The summed E-state index contributed by atoms with van der Waals surface area (Å²) in [5, 5.41) is 32.5. The molecule has 0 aromatic heterocycles. The van der Waals surface area contributed by atoms with E-state index in [0.717, 1.165) is 49.3 Å². The van der Waals surface area contributed by atoms with Crippen LogP contribution < -0.4 is 10.2 Å². The average molecular weight is 610 g/mol. The van der Waals surface area contributed by atoms with Crippen LogP contribution in [-0.2, 0) is 30.5 Å². The lowest BCUT2D eigenvalue weighted by atomic mass is 10.0. The zero-order chi connectivity index (χ0) is 32.6. The minimum Gasteiger partial charge on any atom is -0.473 e. The third kappa shape index (κ3) is 12.2. The fourth-order valence-electron chi connectivity index (χ4n) is 4.10. The molecule has 0 aliphatic carbocycles. The number of rotatable bonds is 6. The van der Waals surface area contributed by atoms with Crippen LogP contribution in [0.3, 0.4) is 0 Å². The van der Waals surface area contributed by atoms with Crippen molar-refractivity contribution in [2.45, 2.75) is 25.5 Å². The van der Waals surface area contributed by atoms with E-state index in [2.05, 4.69) is 53.5 Å². The summed E-state index contributed by atoms with van der Waals surface area (Å²) < 4.78 is 5.74. The van der Waals surface area contributed by atoms with Crippen molar-refractivity contribution < 1.29 is 49.1 Å². The number of piperidine rings is 1. The van der Waals surface area contributed by atoms with Gasteiger partial charge in [0.15, 0.2) is 0 Å². The predicted octanol–water partition coefficient (Wildman–Crippen LogP) is 3.94. The van der Waals surface area contributed by atoms with Crippen LogP contribution in [0.15, 0.2) is 78.9 Å². The second kappa shape index (κ2) is 17.5. The second-order valence-electron chi connectivity index (χ2n) is 9.70. The van der Waals surface area contributed by atoms with Gasteiger partial charge in [0.1, 0.15) is 6.10 Å². The molecule has 0 unspecified atom stereocenters. The molecular formula is C31H35N3O10. The summed E-state index contributed by atoms with van der Waals surface area (Å²) in [6.45, 7) is 2.78. The number of hydrogen-bond acceptors (Lipinski definition) is 8. The van der Waals surface area contributed by atoms with Gasteiger partial charge in [-0.05, 0) is 42.2 Å². The Morgan fingerprint density at radius 1 is 0.750 bits per heavy atom. The van der Waals surface area contributed by atoms with Gasteiger partial charge in [0.25, 0.3) is 0 Å².